The summed E-state index contributed by atoms with van der Waals surface area (Å²) in [6.07, 6.45) is 0. The molecular formula is C3H5N3OS. The molecule has 0 bridgehead atoms. The van der Waals surface area contributed by atoms with Crippen molar-refractivity contribution >= 4 is 12.6 Å². The Hall–Kier alpha value is -0.710. The second kappa shape index (κ2) is 2.04. The van der Waals surface area contributed by atoms with Crippen LogP contribution in [0, 0.1) is 0 Å². The number of H-pyrrole nitrogens is 2. The summed E-state index contributed by atoms with van der Waals surface area (Å²) in [4.78, 5) is 12.7. The molecule has 0 radical (unpaired) electrons. The summed E-state index contributed by atoms with van der Waals surface area (Å²) < 4.78 is 0. The van der Waals surface area contributed by atoms with Crippen LogP contribution < -0.4 is 5.69 Å². The van der Waals surface area contributed by atoms with Crippen molar-refractivity contribution in [3.8, 4) is 0 Å². The number of nitrogens with one attached hydrogen (secondary N) is 2. The average Bonchev–Trinajstić information content (AvgIpc) is 2.14. The van der Waals surface area contributed by atoms with Crippen molar-refractivity contribution in [2.24, 2.45) is 0 Å². The number of nitrogens with zero attached hydrogens (tertiary/aromatic N) is 1. The average molecular weight is 131 g/mol. The van der Waals surface area contributed by atoms with Crippen LogP contribution in [0.1, 0.15) is 5.82 Å². The lowest BCUT2D eigenvalue weighted by Gasteiger charge is -1.76. The molecular weight excluding hydrogens is 126 g/mol. The molecule has 2 N–H and O–H groups in total. The Morgan fingerprint density at radius 2 is 2.50 bits per heavy atom. The van der Waals surface area contributed by atoms with Crippen molar-refractivity contribution in [2.45, 2.75) is 5.75 Å². The Bertz CT molecular complexity index is 214. The summed E-state index contributed by atoms with van der Waals surface area (Å²) in [5.74, 6) is 1.02. The molecule has 4 nitrogen and oxygen atoms in total. The van der Waals surface area contributed by atoms with Crippen LogP contribution in [0.25, 0.3) is 0 Å². The quantitative estimate of drug-likeness (QED) is 0.451. The fraction of sp³-hybridized carbons (Fsp3) is 0.333. The summed E-state index contributed by atoms with van der Waals surface area (Å²) in [6.45, 7) is 0. The maximum Gasteiger partial charge on any atom is 0.340 e. The third kappa shape index (κ3) is 0.919. The molecule has 0 unspecified atom stereocenters. The zero-order valence-electron chi connectivity index (χ0n) is 4.01. The Balaban J connectivity index is 3.01. The number of rotatable bonds is 1. The molecule has 1 aromatic heterocycles. The maximum atomic E-state index is 10.2. The minimum atomic E-state index is -0.283. The van der Waals surface area contributed by atoms with E-state index >= 15 is 0 Å². The molecule has 0 aromatic carbocycles. The minimum Gasteiger partial charge on any atom is -0.292 e. The molecule has 5 heteroatoms. The van der Waals surface area contributed by atoms with Gasteiger partial charge in [-0.05, 0) is 0 Å². The van der Waals surface area contributed by atoms with Crippen molar-refractivity contribution in [2.75, 3.05) is 0 Å². The molecule has 0 atom stereocenters. The van der Waals surface area contributed by atoms with Gasteiger partial charge in [0.05, 0.1) is 5.75 Å². The molecule has 44 valence electrons. The first-order valence-electron chi connectivity index (χ1n) is 2.07. The molecule has 1 heterocycles. The van der Waals surface area contributed by atoms with Crippen LogP contribution in [0.2, 0.25) is 0 Å². The molecule has 0 spiro atoms. The normalized spacial score (nSPS) is 9.62. The van der Waals surface area contributed by atoms with Gasteiger partial charge in [0.2, 0.25) is 0 Å². The van der Waals surface area contributed by atoms with E-state index < -0.39 is 0 Å². The highest BCUT2D eigenvalue weighted by molar-refractivity contribution is 7.79. The van der Waals surface area contributed by atoms with E-state index in [0.29, 0.717) is 11.6 Å². The van der Waals surface area contributed by atoms with Gasteiger partial charge >= 0.3 is 5.69 Å². The Morgan fingerprint density at radius 3 is 2.75 bits per heavy atom. The fourth-order valence-corrected chi connectivity index (χ4v) is 0.530. The Morgan fingerprint density at radius 1 is 1.75 bits per heavy atom. The van der Waals surface area contributed by atoms with Gasteiger partial charge in [-0.25, -0.2) is 9.89 Å². The minimum absolute atomic E-state index is 0.283. The van der Waals surface area contributed by atoms with Gasteiger partial charge in [0, 0.05) is 0 Å². The van der Waals surface area contributed by atoms with E-state index in [1.54, 1.807) is 0 Å². The standard InChI is InChI=1S/C3H5N3OS/c7-3-4-2(1-8)5-6-3/h8H,1H2,(H2,4,5,6,7). The molecule has 0 fully saturated rings. The summed E-state index contributed by atoms with van der Waals surface area (Å²) in [6, 6.07) is 0. The maximum absolute atomic E-state index is 10.2. The van der Waals surface area contributed by atoms with Crippen LogP contribution in [-0.2, 0) is 5.75 Å². The van der Waals surface area contributed by atoms with Crippen LogP contribution in [0.15, 0.2) is 4.79 Å². The summed E-state index contributed by atoms with van der Waals surface area (Å²) in [5, 5.41) is 5.77. The second-order valence-corrected chi connectivity index (χ2v) is 1.60. The van der Waals surface area contributed by atoms with Crippen LogP contribution in [-0.4, -0.2) is 15.2 Å². The molecule has 0 aliphatic carbocycles. The van der Waals surface area contributed by atoms with Gasteiger partial charge in [0.15, 0.2) is 0 Å². The summed E-state index contributed by atoms with van der Waals surface area (Å²) in [5.41, 5.74) is -0.283. The summed E-state index contributed by atoms with van der Waals surface area (Å²) >= 11 is 3.87. The van der Waals surface area contributed by atoms with Gasteiger partial charge < -0.3 is 0 Å². The SMILES string of the molecule is O=c1[nH]nc(CS)[nH]1. The van der Waals surface area contributed by atoms with Crippen LogP contribution >= 0.6 is 12.6 Å². The lowest BCUT2D eigenvalue weighted by molar-refractivity contribution is 1.02. The first-order valence-corrected chi connectivity index (χ1v) is 2.70. The van der Waals surface area contributed by atoms with E-state index in [1.165, 1.54) is 0 Å². The third-order valence-corrected chi connectivity index (χ3v) is 1.000. The monoisotopic (exact) mass is 131 g/mol. The molecule has 0 aliphatic rings. The number of hydrogen-bond acceptors (Lipinski definition) is 3. The number of aromatic nitrogens is 3. The third-order valence-electron chi connectivity index (χ3n) is 0.700. The van der Waals surface area contributed by atoms with Crippen molar-refractivity contribution in [1.82, 2.24) is 15.2 Å². The van der Waals surface area contributed by atoms with Crippen molar-refractivity contribution in [3.63, 3.8) is 0 Å². The van der Waals surface area contributed by atoms with E-state index in [0.717, 1.165) is 0 Å². The molecule has 0 saturated carbocycles. The van der Waals surface area contributed by atoms with Gasteiger partial charge in [0.25, 0.3) is 0 Å². The first kappa shape index (κ1) is 5.43. The van der Waals surface area contributed by atoms with Gasteiger partial charge in [-0.2, -0.15) is 17.7 Å². The fourth-order valence-electron chi connectivity index (χ4n) is 0.380. The van der Waals surface area contributed by atoms with Crippen LogP contribution in [0.5, 0.6) is 0 Å². The van der Waals surface area contributed by atoms with Crippen molar-refractivity contribution < 1.29 is 0 Å². The van der Waals surface area contributed by atoms with E-state index in [1.807, 2.05) is 0 Å². The highest BCUT2D eigenvalue weighted by Gasteiger charge is 1.89. The van der Waals surface area contributed by atoms with Gasteiger partial charge in [-0.1, -0.05) is 0 Å². The van der Waals surface area contributed by atoms with E-state index in [-0.39, 0.29) is 5.69 Å². The molecule has 0 saturated heterocycles. The number of thiol groups is 1. The van der Waals surface area contributed by atoms with Crippen LogP contribution in [0.3, 0.4) is 0 Å². The van der Waals surface area contributed by atoms with Crippen LogP contribution in [0.4, 0.5) is 0 Å². The highest BCUT2D eigenvalue weighted by atomic mass is 32.1. The van der Waals surface area contributed by atoms with Gasteiger partial charge in [-0.15, -0.1) is 0 Å². The van der Waals surface area contributed by atoms with Crippen molar-refractivity contribution in [1.29, 1.82) is 0 Å². The largest absolute Gasteiger partial charge is 0.340 e. The topological polar surface area (TPSA) is 61.5 Å². The molecule has 1 aromatic rings. The molecule has 8 heavy (non-hydrogen) atoms. The predicted molar refractivity (Wildman–Crippen MR) is 31.9 cm³/mol. The van der Waals surface area contributed by atoms with E-state index in [4.69, 9.17) is 0 Å². The lowest BCUT2D eigenvalue weighted by Crippen LogP contribution is -2.00. The number of hydrogen-bond donors (Lipinski definition) is 3. The zero-order valence-corrected chi connectivity index (χ0v) is 4.90. The smallest absolute Gasteiger partial charge is 0.292 e. The van der Waals surface area contributed by atoms with E-state index in [9.17, 15) is 4.79 Å². The molecule has 0 aliphatic heterocycles. The van der Waals surface area contributed by atoms with Gasteiger partial charge in [0.1, 0.15) is 5.82 Å². The Kier molecular flexibility index (Phi) is 1.38. The van der Waals surface area contributed by atoms with E-state index in [2.05, 4.69) is 27.8 Å². The predicted octanol–water partition coefficient (Wildman–Crippen LogP) is -0.472. The second-order valence-electron chi connectivity index (χ2n) is 1.28. The Labute approximate surface area is 50.7 Å². The lowest BCUT2D eigenvalue weighted by atomic mass is 10.7. The highest BCUT2D eigenvalue weighted by Crippen LogP contribution is 1.85. The number of aromatic amines is 2. The molecule has 1 rings (SSSR count). The molecule has 0 amide bonds. The first-order chi connectivity index (χ1) is 3.83. The van der Waals surface area contributed by atoms with Crippen molar-refractivity contribution in [3.05, 3.63) is 16.3 Å². The van der Waals surface area contributed by atoms with Gasteiger partial charge in [-0.3, -0.25) is 4.98 Å². The zero-order chi connectivity index (χ0) is 5.98. The summed E-state index contributed by atoms with van der Waals surface area (Å²) in [7, 11) is 0.